The Balaban J connectivity index is 3.22. The van der Waals surface area contributed by atoms with Crippen molar-refractivity contribution in [1.29, 1.82) is 0 Å². The van der Waals surface area contributed by atoms with Gasteiger partial charge in [0.05, 0.1) is 1.37 Å². The van der Waals surface area contributed by atoms with Crippen molar-refractivity contribution in [3.8, 4) is 0 Å². The Morgan fingerprint density at radius 2 is 1.78 bits per heavy atom. The van der Waals surface area contributed by atoms with E-state index in [1.54, 1.807) is 5.32 Å². The topological polar surface area (TPSA) is 62.7 Å². The number of hydrogen-bond acceptors (Lipinski definition) is 5. The lowest BCUT2D eigenvalue weighted by Gasteiger charge is -2.17. The van der Waals surface area contributed by atoms with Crippen LogP contribution in [-0.2, 0) is 0 Å². The average Bonchev–Trinajstić information content (AvgIpc) is 2.33. The highest BCUT2D eigenvalue weighted by atomic mass is 35.5. The lowest BCUT2D eigenvalue weighted by Crippen LogP contribution is -2.34. The molecule has 0 aliphatic carbocycles. The molecule has 0 amide bonds. The van der Waals surface area contributed by atoms with Gasteiger partial charge in [-0.25, -0.2) is 0 Å². The largest absolute Gasteiger partial charge is 0.408 e. The van der Waals surface area contributed by atoms with E-state index in [2.05, 4.69) is 15.0 Å². The summed E-state index contributed by atoms with van der Waals surface area (Å²) in [5, 5.41) is 3.04. The van der Waals surface area contributed by atoms with Crippen molar-refractivity contribution in [3.05, 3.63) is 5.28 Å². The molecule has 0 fully saturated rings. The Kier molecular flexibility index (Phi) is 2.26. The minimum Gasteiger partial charge on any atom is -0.352 e. The number of anilines is 2. The van der Waals surface area contributed by atoms with Crippen LogP contribution in [0.15, 0.2) is 0 Å². The van der Waals surface area contributed by atoms with Crippen LogP contribution in [0.2, 0.25) is 5.28 Å². The molecule has 0 spiro atoms. The van der Waals surface area contributed by atoms with Gasteiger partial charge in [0.1, 0.15) is 6.04 Å². The molecular formula is C9H13ClF3N5. The SMILES string of the molecule is [2H]C([2H])([2H])C([2H])(Nc1nc(Cl)nc(N[C@H](C)C(F)(F)F)n1)C([2H])([2H])[2H]. The van der Waals surface area contributed by atoms with E-state index in [9.17, 15) is 13.2 Å². The van der Waals surface area contributed by atoms with E-state index in [4.69, 9.17) is 21.2 Å². The summed E-state index contributed by atoms with van der Waals surface area (Å²) in [6.07, 6.45) is -4.64. The molecule has 1 aromatic rings. The molecule has 0 aliphatic heterocycles. The lowest BCUT2D eigenvalue weighted by molar-refractivity contribution is -0.138. The summed E-state index contributed by atoms with van der Waals surface area (Å²) in [6.45, 7) is -5.92. The van der Waals surface area contributed by atoms with Gasteiger partial charge in [0.2, 0.25) is 17.2 Å². The summed E-state index contributed by atoms with van der Waals surface area (Å²) < 4.78 is 88.9. The van der Waals surface area contributed by atoms with Crippen LogP contribution in [0.25, 0.3) is 0 Å². The summed E-state index contributed by atoms with van der Waals surface area (Å²) in [5.41, 5.74) is 0. The zero-order chi connectivity index (χ0) is 19.8. The molecule has 0 aliphatic rings. The Labute approximate surface area is 117 Å². The maximum Gasteiger partial charge on any atom is 0.408 e. The van der Waals surface area contributed by atoms with Gasteiger partial charge in [-0.05, 0) is 32.2 Å². The summed E-state index contributed by atoms with van der Waals surface area (Å²) in [4.78, 5) is 10.2. The van der Waals surface area contributed by atoms with Gasteiger partial charge in [-0.2, -0.15) is 28.1 Å². The molecule has 1 heterocycles. The number of halogens is 4. The molecule has 0 radical (unpaired) electrons. The third kappa shape index (κ3) is 4.52. The highest BCUT2D eigenvalue weighted by molar-refractivity contribution is 6.28. The van der Waals surface area contributed by atoms with E-state index in [-0.39, 0.29) is 0 Å². The number of nitrogens with one attached hydrogen (secondary N) is 2. The Bertz CT molecular complexity index is 607. The quantitative estimate of drug-likeness (QED) is 0.893. The number of rotatable bonds is 4. The molecule has 2 N–H and O–H groups in total. The van der Waals surface area contributed by atoms with Gasteiger partial charge in [0.15, 0.2) is 0 Å². The van der Waals surface area contributed by atoms with E-state index in [0.717, 1.165) is 6.92 Å². The van der Waals surface area contributed by atoms with Crippen molar-refractivity contribution >= 4 is 23.5 Å². The highest BCUT2D eigenvalue weighted by Gasteiger charge is 2.36. The number of alkyl halides is 3. The first-order valence-corrected chi connectivity index (χ1v) is 4.88. The molecule has 0 aromatic carbocycles. The van der Waals surface area contributed by atoms with Crippen LogP contribution in [0.3, 0.4) is 0 Å². The van der Waals surface area contributed by atoms with Gasteiger partial charge in [0, 0.05) is 14.2 Å². The fourth-order valence-corrected chi connectivity index (χ4v) is 1.02. The van der Waals surface area contributed by atoms with E-state index in [1.165, 1.54) is 0 Å². The Morgan fingerprint density at radius 1 is 1.22 bits per heavy atom. The minimum absolute atomic E-state index is 0.632. The summed E-state index contributed by atoms with van der Waals surface area (Å²) in [5.74, 6) is -1.45. The first kappa shape index (κ1) is 7.32. The maximum atomic E-state index is 12.6. The molecule has 0 saturated heterocycles. The van der Waals surface area contributed by atoms with Crippen molar-refractivity contribution in [2.45, 2.75) is 38.9 Å². The fourth-order valence-electron chi connectivity index (χ4n) is 0.858. The van der Waals surface area contributed by atoms with Crippen molar-refractivity contribution in [2.75, 3.05) is 10.6 Å². The third-order valence-electron chi connectivity index (χ3n) is 1.68. The molecular weight excluding hydrogens is 271 g/mol. The second kappa shape index (κ2) is 5.55. The van der Waals surface area contributed by atoms with Gasteiger partial charge in [-0.15, -0.1) is 0 Å². The number of nitrogens with zero attached hydrogens (tertiary/aromatic N) is 3. The van der Waals surface area contributed by atoms with Crippen molar-refractivity contribution < 1.29 is 22.8 Å². The zero-order valence-corrected chi connectivity index (χ0v) is 9.69. The van der Waals surface area contributed by atoms with Crippen molar-refractivity contribution in [2.24, 2.45) is 0 Å². The average molecular weight is 291 g/mol. The van der Waals surface area contributed by atoms with E-state index >= 15 is 0 Å². The van der Waals surface area contributed by atoms with Gasteiger partial charge >= 0.3 is 6.18 Å². The van der Waals surface area contributed by atoms with Crippen LogP contribution in [-0.4, -0.2) is 33.2 Å². The van der Waals surface area contributed by atoms with Crippen LogP contribution in [0.5, 0.6) is 0 Å². The van der Waals surface area contributed by atoms with Crippen LogP contribution in [0.1, 0.15) is 30.2 Å². The Morgan fingerprint density at radius 3 is 2.28 bits per heavy atom. The molecule has 0 saturated carbocycles. The molecule has 1 atom stereocenters. The van der Waals surface area contributed by atoms with E-state index in [0.29, 0.717) is 0 Å². The summed E-state index contributed by atoms with van der Waals surface area (Å²) >= 11 is 5.54. The van der Waals surface area contributed by atoms with Crippen molar-refractivity contribution in [3.63, 3.8) is 0 Å². The maximum absolute atomic E-state index is 12.6. The van der Waals surface area contributed by atoms with Gasteiger partial charge in [-0.1, -0.05) is 0 Å². The summed E-state index contributed by atoms with van der Waals surface area (Å²) in [7, 11) is 0. The van der Waals surface area contributed by atoms with Crippen molar-refractivity contribution in [1.82, 2.24) is 15.0 Å². The zero-order valence-electron chi connectivity index (χ0n) is 15.9. The molecule has 5 nitrogen and oxygen atoms in total. The first-order valence-electron chi connectivity index (χ1n) is 8.00. The van der Waals surface area contributed by atoms with Crippen LogP contribution in [0.4, 0.5) is 25.1 Å². The third-order valence-corrected chi connectivity index (χ3v) is 1.85. The molecule has 9 heteroatoms. The predicted octanol–water partition coefficient (Wildman–Crippen LogP) is 2.71. The second-order valence-electron chi connectivity index (χ2n) is 3.16. The molecule has 0 unspecified atom stereocenters. The summed E-state index contributed by atoms with van der Waals surface area (Å²) in [6, 6.07) is -5.30. The first-order chi connectivity index (χ1) is 11.0. The fraction of sp³-hybridized carbons (Fsp3) is 0.667. The van der Waals surface area contributed by atoms with Crippen LogP contribution >= 0.6 is 11.6 Å². The molecule has 0 bridgehead atoms. The number of aromatic nitrogens is 3. The Hall–Kier alpha value is -1.31. The molecule has 1 rings (SSSR count). The van der Waals surface area contributed by atoms with Gasteiger partial charge in [-0.3, -0.25) is 0 Å². The molecule has 18 heavy (non-hydrogen) atoms. The van der Waals surface area contributed by atoms with Gasteiger partial charge in [0.25, 0.3) is 0 Å². The predicted molar refractivity (Wildman–Crippen MR) is 62.7 cm³/mol. The standard InChI is InChI=1S/C9H13ClF3N5/c1-4(2)14-7-16-6(10)17-8(18-7)15-5(3)9(11,12)13/h4-5H,1-3H3,(H2,14,15,16,17,18)/t5-/m1/s1/i1D3,2D3,4D. The highest BCUT2D eigenvalue weighted by Crippen LogP contribution is 2.22. The monoisotopic (exact) mass is 290 g/mol. The van der Waals surface area contributed by atoms with Crippen LogP contribution in [0, 0.1) is 0 Å². The minimum atomic E-state index is -4.64. The van der Waals surface area contributed by atoms with E-state index < -0.39 is 49.1 Å². The van der Waals surface area contributed by atoms with E-state index in [1.807, 2.05) is 5.32 Å². The van der Waals surface area contributed by atoms with Crippen LogP contribution < -0.4 is 10.6 Å². The molecule has 1 aromatic heterocycles. The normalized spacial score (nSPS) is 21.3. The smallest absolute Gasteiger partial charge is 0.352 e. The van der Waals surface area contributed by atoms with Gasteiger partial charge < -0.3 is 10.6 Å². The molecule has 102 valence electrons. The lowest BCUT2D eigenvalue weighted by atomic mass is 10.3. The number of hydrogen-bond donors (Lipinski definition) is 2. The second-order valence-corrected chi connectivity index (χ2v) is 3.50.